The third-order valence-electron chi connectivity index (χ3n) is 3.34. The van der Waals surface area contributed by atoms with Crippen molar-refractivity contribution in [1.29, 1.82) is 0 Å². The smallest absolute Gasteiger partial charge is 0.257 e. The number of nitrogens with zero attached hydrogens (tertiary/aromatic N) is 1. The molecule has 0 saturated heterocycles. The molecule has 3 rings (SSSR count). The molecule has 0 saturated carbocycles. The number of rotatable bonds is 6. The van der Waals surface area contributed by atoms with E-state index in [0.29, 0.717) is 38.5 Å². The van der Waals surface area contributed by atoms with Crippen LogP contribution in [0.25, 0.3) is 11.1 Å². The predicted molar refractivity (Wildman–Crippen MR) is 97.9 cm³/mol. The quantitative estimate of drug-likeness (QED) is 0.647. The first-order valence-corrected chi connectivity index (χ1v) is 8.66. The topological polar surface area (TPSA) is 73.6 Å². The highest BCUT2D eigenvalue weighted by Crippen LogP contribution is 2.30. The summed E-state index contributed by atoms with van der Waals surface area (Å²) in [5.74, 6) is 1.12. The van der Waals surface area contributed by atoms with Crippen molar-refractivity contribution in [3.05, 3.63) is 41.4 Å². The lowest BCUT2D eigenvalue weighted by Gasteiger charge is -2.11. The van der Waals surface area contributed by atoms with Gasteiger partial charge in [-0.15, -0.1) is 0 Å². The Balaban J connectivity index is 1.64. The largest absolute Gasteiger partial charge is 0.497 e. The molecule has 2 aromatic carbocycles. The molecule has 3 aromatic rings. The number of thioether (sulfide) groups is 1. The first-order chi connectivity index (χ1) is 12.1. The zero-order chi connectivity index (χ0) is 17.8. The van der Waals surface area contributed by atoms with Crippen molar-refractivity contribution < 1.29 is 18.7 Å². The van der Waals surface area contributed by atoms with Gasteiger partial charge in [-0.25, -0.2) is 4.98 Å². The van der Waals surface area contributed by atoms with Gasteiger partial charge >= 0.3 is 0 Å². The lowest BCUT2D eigenvalue weighted by atomic mass is 10.2. The normalized spacial score (nSPS) is 10.7. The molecule has 0 aliphatic rings. The van der Waals surface area contributed by atoms with E-state index in [1.54, 1.807) is 43.5 Å². The molecule has 0 spiro atoms. The van der Waals surface area contributed by atoms with E-state index >= 15 is 0 Å². The minimum absolute atomic E-state index is 0.149. The zero-order valence-electron chi connectivity index (χ0n) is 13.5. The minimum atomic E-state index is -0.200. The van der Waals surface area contributed by atoms with Gasteiger partial charge in [-0.2, -0.15) is 0 Å². The summed E-state index contributed by atoms with van der Waals surface area (Å²) in [6, 6.07) is 10.4. The second-order valence-corrected chi connectivity index (χ2v) is 6.36. The number of hydrogen-bond donors (Lipinski definition) is 1. The molecule has 130 valence electrons. The number of methoxy groups -OCH3 is 2. The fraction of sp³-hybridized carbons (Fsp3) is 0.176. The Labute approximate surface area is 153 Å². The van der Waals surface area contributed by atoms with E-state index in [1.165, 1.54) is 18.9 Å². The monoisotopic (exact) mass is 378 g/mol. The van der Waals surface area contributed by atoms with Gasteiger partial charge in [0.2, 0.25) is 5.91 Å². The molecule has 0 unspecified atom stereocenters. The van der Waals surface area contributed by atoms with Crippen molar-refractivity contribution in [3.8, 4) is 11.5 Å². The van der Waals surface area contributed by atoms with Crippen LogP contribution in [0.15, 0.2) is 46.0 Å². The van der Waals surface area contributed by atoms with E-state index in [2.05, 4.69) is 10.3 Å². The summed E-state index contributed by atoms with van der Waals surface area (Å²) in [4.78, 5) is 16.5. The predicted octanol–water partition coefficient (Wildman–Crippen LogP) is 4.23. The fourth-order valence-electron chi connectivity index (χ4n) is 2.16. The Bertz CT molecular complexity index is 913. The van der Waals surface area contributed by atoms with Gasteiger partial charge in [0.15, 0.2) is 5.58 Å². The lowest BCUT2D eigenvalue weighted by molar-refractivity contribution is -0.113. The first kappa shape index (κ1) is 17.4. The van der Waals surface area contributed by atoms with E-state index in [9.17, 15) is 4.79 Å². The van der Waals surface area contributed by atoms with E-state index in [1.807, 2.05) is 0 Å². The maximum absolute atomic E-state index is 12.2. The number of hydrogen-bond acceptors (Lipinski definition) is 6. The summed E-state index contributed by atoms with van der Waals surface area (Å²) in [5, 5.41) is 3.79. The van der Waals surface area contributed by atoms with E-state index in [-0.39, 0.29) is 11.7 Å². The van der Waals surface area contributed by atoms with Crippen LogP contribution in [0, 0.1) is 0 Å². The molecule has 25 heavy (non-hydrogen) atoms. The van der Waals surface area contributed by atoms with Crippen molar-refractivity contribution in [1.82, 2.24) is 4.98 Å². The van der Waals surface area contributed by atoms with Crippen molar-refractivity contribution in [2.45, 2.75) is 5.22 Å². The SMILES string of the molecule is COc1ccc(NC(=O)CSc2nc3cc(Cl)ccc3o2)c(OC)c1. The molecule has 0 aliphatic carbocycles. The van der Waals surface area contributed by atoms with E-state index < -0.39 is 0 Å². The Morgan fingerprint density at radius 2 is 2.08 bits per heavy atom. The van der Waals surface area contributed by atoms with Crippen LogP contribution in [-0.2, 0) is 4.79 Å². The maximum Gasteiger partial charge on any atom is 0.257 e. The Hall–Kier alpha value is -2.38. The van der Waals surface area contributed by atoms with Gasteiger partial charge in [-0.3, -0.25) is 4.79 Å². The van der Waals surface area contributed by atoms with Crippen molar-refractivity contribution in [3.63, 3.8) is 0 Å². The van der Waals surface area contributed by atoms with Crippen LogP contribution >= 0.6 is 23.4 Å². The molecular formula is C17H15ClN2O4S. The highest BCUT2D eigenvalue weighted by molar-refractivity contribution is 7.99. The van der Waals surface area contributed by atoms with Crippen LogP contribution in [0.1, 0.15) is 0 Å². The van der Waals surface area contributed by atoms with Crippen LogP contribution in [-0.4, -0.2) is 30.9 Å². The number of anilines is 1. The lowest BCUT2D eigenvalue weighted by Crippen LogP contribution is -2.14. The molecule has 0 aliphatic heterocycles. The van der Waals surface area contributed by atoms with E-state index in [4.69, 9.17) is 25.5 Å². The van der Waals surface area contributed by atoms with Gasteiger partial charge in [0.1, 0.15) is 17.0 Å². The van der Waals surface area contributed by atoms with Crippen LogP contribution in [0.4, 0.5) is 5.69 Å². The van der Waals surface area contributed by atoms with Crippen LogP contribution in [0.2, 0.25) is 5.02 Å². The number of amides is 1. The fourth-order valence-corrected chi connectivity index (χ4v) is 2.96. The number of benzene rings is 2. The molecule has 0 atom stereocenters. The maximum atomic E-state index is 12.2. The standard InChI is InChI=1S/C17H15ClN2O4S/c1-22-11-4-5-12(15(8-11)23-2)19-16(21)9-25-17-20-13-7-10(18)3-6-14(13)24-17/h3-8H,9H2,1-2H3,(H,19,21). The summed E-state index contributed by atoms with van der Waals surface area (Å²) in [5.41, 5.74) is 1.86. The summed E-state index contributed by atoms with van der Waals surface area (Å²) in [7, 11) is 3.10. The molecule has 0 radical (unpaired) electrons. The van der Waals surface area contributed by atoms with Gasteiger partial charge in [0.25, 0.3) is 5.22 Å². The van der Waals surface area contributed by atoms with Gasteiger partial charge in [0, 0.05) is 11.1 Å². The average molecular weight is 379 g/mol. The average Bonchev–Trinajstić information content (AvgIpc) is 3.02. The number of carbonyl (C=O) groups is 1. The van der Waals surface area contributed by atoms with Crippen LogP contribution in [0.5, 0.6) is 11.5 Å². The molecule has 1 amide bonds. The second kappa shape index (κ2) is 7.67. The summed E-state index contributed by atoms with van der Waals surface area (Å²) in [6.45, 7) is 0. The molecular weight excluding hydrogens is 364 g/mol. The molecule has 1 heterocycles. The van der Waals surface area contributed by atoms with Gasteiger partial charge < -0.3 is 19.2 Å². The highest BCUT2D eigenvalue weighted by Gasteiger charge is 2.12. The number of carbonyl (C=O) groups excluding carboxylic acids is 1. The molecule has 0 fully saturated rings. The number of oxazole rings is 1. The van der Waals surface area contributed by atoms with Gasteiger partial charge in [-0.1, -0.05) is 23.4 Å². The first-order valence-electron chi connectivity index (χ1n) is 7.30. The Kier molecular flexibility index (Phi) is 5.35. The second-order valence-electron chi connectivity index (χ2n) is 4.99. The van der Waals surface area contributed by atoms with Gasteiger partial charge in [0.05, 0.1) is 25.7 Å². The van der Waals surface area contributed by atoms with Crippen molar-refractivity contribution in [2.24, 2.45) is 0 Å². The number of nitrogens with one attached hydrogen (secondary N) is 1. The third-order valence-corrected chi connectivity index (χ3v) is 4.40. The van der Waals surface area contributed by atoms with Crippen LogP contribution < -0.4 is 14.8 Å². The Morgan fingerprint density at radius 3 is 2.84 bits per heavy atom. The van der Waals surface area contributed by atoms with Crippen molar-refractivity contribution >= 4 is 46.1 Å². The minimum Gasteiger partial charge on any atom is -0.497 e. The summed E-state index contributed by atoms with van der Waals surface area (Å²) < 4.78 is 16.0. The molecule has 0 bridgehead atoms. The Morgan fingerprint density at radius 1 is 1.24 bits per heavy atom. The van der Waals surface area contributed by atoms with Crippen molar-refractivity contribution in [2.75, 3.05) is 25.3 Å². The van der Waals surface area contributed by atoms with E-state index in [0.717, 1.165) is 0 Å². The van der Waals surface area contributed by atoms with Crippen LogP contribution in [0.3, 0.4) is 0 Å². The molecule has 6 nitrogen and oxygen atoms in total. The summed E-state index contributed by atoms with van der Waals surface area (Å²) in [6.07, 6.45) is 0. The number of aromatic nitrogens is 1. The summed E-state index contributed by atoms with van der Waals surface area (Å²) >= 11 is 7.12. The highest BCUT2D eigenvalue weighted by atomic mass is 35.5. The molecule has 1 aromatic heterocycles. The molecule has 8 heteroatoms. The van der Waals surface area contributed by atoms with Gasteiger partial charge in [-0.05, 0) is 30.3 Å². The zero-order valence-corrected chi connectivity index (χ0v) is 15.1. The number of halogens is 1. The third kappa shape index (κ3) is 4.18. The number of ether oxygens (including phenoxy) is 2. The number of fused-ring (bicyclic) bond motifs is 1. The molecule has 1 N–H and O–H groups in total.